The van der Waals surface area contributed by atoms with Gasteiger partial charge in [0.1, 0.15) is 29.1 Å². The van der Waals surface area contributed by atoms with Crippen LogP contribution in [0.1, 0.15) is 82.9 Å². The lowest BCUT2D eigenvalue weighted by atomic mass is 10.0. The number of ether oxygens (including phenoxy) is 1. The summed E-state index contributed by atoms with van der Waals surface area (Å²) in [5.41, 5.74) is 11.0. The Labute approximate surface area is 604 Å². The number of rotatable bonds is 18. The molecule has 592 valence electrons. The molecule has 0 radical (unpaired) electrons. The van der Waals surface area contributed by atoms with Gasteiger partial charge in [0.15, 0.2) is 58.2 Å². The van der Waals surface area contributed by atoms with Gasteiger partial charge in [0.25, 0.3) is 0 Å². The van der Waals surface area contributed by atoms with Crippen molar-refractivity contribution in [3.8, 4) is 0 Å². The smallest absolute Gasteiger partial charge is 0.451 e. The Balaban J connectivity index is 0.000000289. The molecule has 45 heteroatoms. The molecule has 3 aliphatic heterocycles. The van der Waals surface area contributed by atoms with Crippen LogP contribution in [0.2, 0.25) is 0 Å². The van der Waals surface area contributed by atoms with Crippen LogP contribution < -0.4 is 27.4 Å². The van der Waals surface area contributed by atoms with Gasteiger partial charge in [-0.1, -0.05) is 0 Å². The van der Waals surface area contributed by atoms with Gasteiger partial charge >= 0.3 is 30.5 Å². The lowest BCUT2D eigenvalue weighted by Gasteiger charge is -2.29. The second-order valence-corrected chi connectivity index (χ2v) is 23.1. The van der Waals surface area contributed by atoms with Gasteiger partial charge in [-0.05, 0) is 86.3 Å². The second-order valence-electron chi connectivity index (χ2n) is 23.1. The van der Waals surface area contributed by atoms with Crippen molar-refractivity contribution >= 4 is 47.8 Å². The maximum atomic E-state index is 13.8. The van der Waals surface area contributed by atoms with Crippen LogP contribution in [0.5, 0.6) is 0 Å². The zero-order valence-electron chi connectivity index (χ0n) is 56.2. The molecule has 3 aliphatic rings. The van der Waals surface area contributed by atoms with Crippen LogP contribution in [-0.2, 0) is 107 Å². The molecule has 6 heterocycles. The number of halogens is 23. The van der Waals surface area contributed by atoms with Gasteiger partial charge in [-0.25, -0.2) is 52.7 Å². The van der Waals surface area contributed by atoms with Crippen LogP contribution in [0.15, 0.2) is 48.5 Å². The first kappa shape index (κ1) is 90.5. The molecular weight excluding hydrogens is 1530 g/mol. The topological polar surface area (TPSA) is 284 Å². The van der Waals surface area contributed by atoms with E-state index in [-0.39, 0.29) is 143 Å². The first-order chi connectivity index (χ1) is 49.6. The molecule has 0 aliphatic carbocycles. The summed E-state index contributed by atoms with van der Waals surface area (Å²) in [6.07, 6.45) is -13.3. The van der Waals surface area contributed by atoms with Crippen LogP contribution in [0.4, 0.5) is 92.2 Å². The number of hydrogen-bond acceptors (Lipinski definition) is 16. The number of carbonyl (C=O) groups excluding carboxylic acids is 3. The molecule has 0 fully saturated rings. The van der Waals surface area contributed by atoms with Crippen LogP contribution in [0.25, 0.3) is 0 Å². The summed E-state index contributed by atoms with van der Waals surface area (Å²) in [5, 5.41) is 36.8. The van der Waals surface area contributed by atoms with Gasteiger partial charge in [-0.15, -0.1) is 54.6 Å². The van der Waals surface area contributed by atoms with Crippen LogP contribution >= 0.6 is 24.0 Å². The summed E-state index contributed by atoms with van der Waals surface area (Å²) < 4.78 is 279. The van der Waals surface area contributed by atoms with Crippen molar-refractivity contribution in [1.82, 2.24) is 70.0 Å². The number of amides is 2. The molecule has 7 aromatic rings. The van der Waals surface area contributed by atoms with E-state index in [1.54, 1.807) is 0 Å². The molecular formula is C62H67Cl2F21N16O6. The second kappa shape index (κ2) is 40.3. The van der Waals surface area contributed by atoms with E-state index < -0.39 is 154 Å². The van der Waals surface area contributed by atoms with Crippen LogP contribution in [0.3, 0.4) is 0 Å². The van der Waals surface area contributed by atoms with Gasteiger partial charge in [-0.2, -0.15) is 39.5 Å². The van der Waals surface area contributed by atoms with Crippen molar-refractivity contribution in [3.05, 3.63) is 176 Å². The number of aromatic nitrogens is 9. The SMILES string of the molecule is CCl.CN[C@@H](CC(=O)N1CCn2c(nnc2C(F)(F)F)C1)Cc1cc(F)c(F)cc1F.CN[C@@H](CC(=O)O)Cc1cc(F)c(F)cc1F.COC(=O)C[C@H](N)Cc1cc(F)c(F)cc1F.Cl.FC(F)(F)c1nnc2n1CCNC2.N[C@@H](CC(=O)N1CCn2c(nnc2C(F)(F)F)C1)Cc1cc(F)c(F)cc1F. The quantitative estimate of drug-likeness (QED) is 0.0202. The number of aliphatic carboxylic acids is 1. The van der Waals surface area contributed by atoms with E-state index in [1.165, 1.54) is 37.4 Å². The molecule has 8 N–H and O–H groups in total. The first-order valence-corrected chi connectivity index (χ1v) is 31.7. The van der Waals surface area contributed by atoms with Crippen molar-refractivity contribution < 1.29 is 121 Å². The molecule has 2 amide bonds. The molecule has 0 spiro atoms. The van der Waals surface area contributed by atoms with Crippen LogP contribution in [-0.4, -0.2) is 154 Å². The maximum Gasteiger partial charge on any atom is 0.451 e. The van der Waals surface area contributed by atoms with E-state index in [2.05, 4.69) is 62.9 Å². The lowest BCUT2D eigenvalue weighted by molar-refractivity contribution is -0.149. The zero-order chi connectivity index (χ0) is 79.5. The van der Waals surface area contributed by atoms with Crippen LogP contribution in [0, 0.1) is 69.8 Å². The molecule has 0 unspecified atom stereocenters. The average Bonchev–Trinajstić information content (AvgIpc) is 1.62. The van der Waals surface area contributed by atoms with E-state index in [0.717, 1.165) is 31.9 Å². The molecule has 107 heavy (non-hydrogen) atoms. The number of alkyl halides is 10. The highest BCUT2D eigenvalue weighted by atomic mass is 35.5. The van der Waals surface area contributed by atoms with E-state index >= 15 is 0 Å². The van der Waals surface area contributed by atoms with E-state index in [0.29, 0.717) is 49.2 Å². The molecule has 22 nitrogen and oxygen atoms in total. The number of fused-ring (bicyclic) bond motifs is 3. The number of nitrogens with two attached hydrogens (primary N) is 2. The number of benzene rings is 4. The monoisotopic (exact) mass is 1600 g/mol. The van der Waals surface area contributed by atoms with Crippen molar-refractivity contribution in [2.45, 2.75) is 133 Å². The fourth-order valence-electron chi connectivity index (χ4n) is 10.3. The number of methoxy groups -OCH3 is 1. The third kappa shape index (κ3) is 26.2. The Bertz CT molecular complexity index is 4150. The number of carbonyl (C=O) groups is 4. The third-order valence-corrected chi connectivity index (χ3v) is 15.6. The van der Waals surface area contributed by atoms with Gasteiger partial charge < -0.3 is 60.8 Å². The largest absolute Gasteiger partial charge is 0.481 e. The maximum absolute atomic E-state index is 13.8. The molecule has 0 saturated carbocycles. The van der Waals surface area contributed by atoms with Crippen molar-refractivity contribution in [2.24, 2.45) is 11.5 Å². The minimum atomic E-state index is -4.64. The summed E-state index contributed by atoms with van der Waals surface area (Å²) in [7, 11) is 4.25. The standard InChI is InChI=1S/C17H17F6N5O.C16H15F6N5O.2C11H12F3NO2.C6H7F3N4.CH3Cl.ClH/c1-24-10(4-9-5-12(19)13(20)7-11(9)18)6-15(29)27-2-3-28-14(8-27)25-26-16(28)17(21,22)23;17-10-6-12(19)11(18)4-8(10)3-9(23)5-14(28)26-1-2-27-13(7-26)24-25-15(27)16(20,21)22;1-17-11(16)4-7(15)2-6-3-9(13)10(14)5-8(6)12;1-15-7(4-11(16)17)2-6-3-9(13)10(14)5-8(6)12;7-6(8,9)5-12-11-4-3-10-1-2-13(4)5;1-2;/h5,7,10,24H,2-4,6,8H2,1H3;4,6,9H,1-3,5,7,23H2;3,5,7H,2,4,15H2,1H3;3,5,7,15H,2,4H2,1H3,(H,16,17);10H,1-3H2;1H3;1H/t10-;9-;2*7-;;;/m1111.../s1. The van der Waals surface area contributed by atoms with Gasteiger partial charge in [0, 0.05) is 107 Å². The predicted molar refractivity (Wildman–Crippen MR) is 336 cm³/mol. The Morgan fingerprint density at radius 2 is 0.776 bits per heavy atom. The minimum Gasteiger partial charge on any atom is -0.481 e. The van der Waals surface area contributed by atoms with Gasteiger partial charge in [0.05, 0.1) is 39.6 Å². The first-order valence-electron chi connectivity index (χ1n) is 30.9. The minimum absolute atomic E-state index is 0. The Morgan fingerprint density at radius 1 is 0.467 bits per heavy atom. The number of nitrogens with one attached hydrogen (secondary N) is 3. The predicted octanol–water partition coefficient (Wildman–Crippen LogP) is 9.22. The average molecular weight is 1600 g/mol. The normalized spacial score (nSPS) is 14.3. The van der Waals surface area contributed by atoms with Crippen molar-refractivity contribution in [2.75, 3.05) is 47.2 Å². The van der Waals surface area contributed by atoms with Crippen molar-refractivity contribution in [1.29, 1.82) is 0 Å². The number of carboxylic acids is 1. The third-order valence-electron chi connectivity index (χ3n) is 15.6. The van der Waals surface area contributed by atoms with Gasteiger partial charge in [0.2, 0.25) is 29.3 Å². The molecule has 4 aromatic carbocycles. The number of carboxylic acid groups (broad SMARTS) is 1. The summed E-state index contributed by atoms with van der Waals surface area (Å²) in [4.78, 5) is 48.9. The summed E-state index contributed by atoms with van der Waals surface area (Å²) in [6, 6.07) is 1.92. The molecule has 0 saturated heterocycles. The van der Waals surface area contributed by atoms with E-state index in [9.17, 15) is 111 Å². The zero-order valence-corrected chi connectivity index (χ0v) is 57.8. The number of likely N-dealkylation sites (N-methyl/N-ethyl adjacent to an activating group) is 2. The Hall–Kier alpha value is -8.91. The highest BCUT2D eigenvalue weighted by molar-refractivity contribution is 6.15. The number of hydrogen-bond donors (Lipinski definition) is 6. The molecule has 3 aromatic heterocycles. The fraction of sp³-hybridized carbons (Fsp3) is 0.452. The summed E-state index contributed by atoms with van der Waals surface area (Å²) in [5.74, 6) is -18.8. The summed E-state index contributed by atoms with van der Waals surface area (Å²) >= 11 is 4.64. The fourth-order valence-corrected chi connectivity index (χ4v) is 10.3. The van der Waals surface area contributed by atoms with Gasteiger partial charge in [-0.3, -0.25) is 19.2 Å². The molecule has 0 bridgehead atoms. The Kier molecular flexibility index (Phi) is 34.1. The lowest BCUT2D eigenvalue weighted by Crippen LogP contribution is -2.42. The summed E-state index contributed by atoms with van der Waals surface area (Å²) in [6.45, 7) is 0.628. The molecule has 4 atom stereocenters. The number of nitrogens with zero attached hydrogens (tertiary/aromatic N) is 11. The molecule has 10 rings (SSSR count). The number of esters is 1. The highest BCUT2D eigenvalue weighted by Gasteiger charge is 2.42. The Morgan fingerprint density at radius 3 is 1.11 bits per heavy atom. The highest BCUT2D eigenvalue weighted by Crippen LogP contribution is 2.33. The van der Waals surface area contributed by atoms with E-state index in [4.69, 9.17) is 16.6 Å². The van der Waals surface area contributed by atoms with Crippen molar-refractivity contribution in [3.63, 3.8) is 0 Å². The van der Waals surface area contributed by atoms with E-state index in [1.807, 2.05) is 0 Å².